The number of nitrogens with zero attached hydrogens (tertiary/aromatic N) is 1. The molecule has 21 heavy (non-hydrogen) atoms. The second kappa shape index (κ2) is 5.91. The SMILES string of the molecule is N#Cc1cccc(S(=O)(=O)Nc2c(F)cccc2CO)c1. The topological polar surface area (TPSA) is 90.2 Å². The number of rotatable bonds is 4. The van der Waals surface area contributed by atoms with Gasteiger partial charge in [-0.2, -0.15) is 5.26 Å². The molecule has 0 bridgehead atoms. The highest BCUT2D eigenvalue weighted by molar-refractivity contribution is 7.92. The summed E-state index contributed by atoms with van der Waals surface area (Å²) in [6.07, 6.45) is 0. The van der Waals surface area contributed by atoms with Gasteiger partial charge in [-0.15, -0.1) is 0 Å². The van der Waals surface area contributed by atoms with Gasteiger partial charge in [0.25, 0.3) is 10.0 Å². The van der Waals surface area contributed by atoms with Crippen LogP contribution < -0.4 is 4.72 Å². The molecule has 0 saturated heterocycles. The van der Waals surface area contributed by atoms with Gasteiger partial charge in [0.2, 0.25) is 0 Å². The quantitative estimate of drug-likeness (QED) is 0.904. The standard InChI is InChI=1S/C14H11FN2O3S/c15-13-6-2-4-11(9-18)14(13)17-21(19,20)12-5-1-3-10(7-12)8-16/h1-7,17-18H,9H2. The molecule has 2 rings (SSSR count). The van der Waals surface area contributed by atoms with Crippen molar-refractivity contribution in [3.05, 3.63) is 59.4 Å². The van der Waals surface area contributed by atoms with Gasteiger partial charge < -0.3 is 5.11 Å². The molecule has 0 saturated carbocycles. The van der Waals surface area contributed by atoms with E-state index in [9.17, 15) is 12.8 Å². The van der Waals surface area contributed by atoms with Crippen LogP contribution in [-0.4, -0.2) is 13.5 Å². The summed E-state index contributed by atoms with van der Waals surface area (Å²) in [5, 5.41) is 17.9. The molecule has 2 aromatic carbocycles. The summed E-state index contributed by atoms with van der Waals surface area (Å²) < 4.78 is 40.3. The number of aliphatic hydroxyl groups is 1. The highest BCUT2D eigenvalue weighted by Crippen LogP contribution is 2.23. The van der Waals surface area contributed by atoms with E-state index in [2.05, 4.69) is 4.72 Å². The molecule has 108 valence electrons. The lowest BCUT2D eigenvalue weighted by molar-refractivity contribution is 0.282. The van der Waals surface area contributed by atoms with Gasteiger partial charge in [0.15, 0.2) is 0 Å². The molecule has 7 heteroatoms. The Kier molecular flexibility index (Phi) is 4.21. The Labute approximate surface area is 121 Å². The lowest BCUT2D eigenvalue weighted by Crippen LogP contribution is -2.15. The summed E-state index contributed by atoms with van der Waals surface area (Å²) in [6, 6.07) is 11.1. The van der Waals surface area contributed by atoms with Crippen molar-refractivity contribution in [1.82, 2.24) is 0 Å². The Balaban J connectivity index is 2.45. The lowest BCUT2D eigenvalue weighted by Gasteiger charge is -2.12. The maximum atomic E-state index is 13.7. The smallest absolute Gasteiger partial charge is 0.262 e. The second-order valence-corrected chi connectivity index (χ2v) is 5.86. The Morgan fingerprint density at radius 3 is 2.62 bits per heavy atom. The fourth-order valence-electron chi connectivity index (χ4n) is 1.74. The van der Waals surface area contributed by atoms with Crippen LogP contribution in [0.4, 0.5) is 10.1 Å². The summed E-state index contributed by atoms with van der Waals surface area (Å²) in [5.41, 5.74) is -0.00818. The molecule has 0 unspecified atom stereocenters. The fraction of sp³-hybridized carbons (Fsp3) is 0.0714. The number of halogens is 1. The number of aliphatic hydroxyl groups excluding tert-OH is 1. The molecule has 2 N–H and O–H groups in total. The molecular formula is C14H11FN2O3S. The third-order valence-electron chi connectivity index (χ3n) is 2.78. The Morgan fingerprint density at radius 2 is 1.95 bits per heavy atom. The summed E-state index contributed by atoms with van der Waals surface area (Å²) in [5.74, 6) is -0.790. The van der Waals surface area contributed by atoms with Crippen LogP contribution in [-0.2, 0) is 16.6 Å². The first-order valence-electron chi connectivity index (χ1n) is 5.89. The zero-order valence-electron chi connectivity index (χ0n) is 10.7. The molecule has 0 spiro atoms. The van der Waals surface area contributed by atoms with Gasteiger partial charge in [-0.25, -0.2) is 12.8 Å². The van der Waals surface area contributed by atoms with Crippen molar-refractivity contribution in [2.24, 2.45) is 0 Å². The molecule has 2 aromatic rings. The highest BCUT2D eigenvalue weighted by Gasteiger charge is 2.18. The molecule has 0 aliphatic heterocycles. The van der Waals surface area contributed by atoms with Crippen LogP contribution in [0, 0.1) is 17.1 Å². The third-order valence-corrected chi connectivity index (χ3v) is 4.13. The summed E-state index contributed by atoms with van der Waals surface area (Å²) in [7, 11) is -4.05. The van der Waals surface area contributed by atoms with Crippen LogP contribution in [0.15, 0.2) is 47.4 Å². The Hall–Kier alpha value is -2.43. The van der Waals surface area contributed by atoms with E-state index in [1.807, 2.05) is 6.07 Å². The molecule has 0 heterocycles. The van der Waals surface area contributed by atoms with Crippen molar-refractivity contribution in [2.75, 3.05) is 4.72 Å². The van der Waals surface area contributed by atoms with E-state index in [0.29, 0.717) is 0 Å². The van der Waals surface area contributed by atoms with Crippen LogP contribution in [0.3, 0.4) is 0 Å². The van der Waals surface area contributed by atoms with E-state index in [0.717, 1.165) is 6.07 Å². The molecule has 0 fully saturated rings. The first-order chi connectivity index (χ1) is 9.97. The van der Waals surface area contributed by atoms with Crippen molar-refractivity contribution >= 4 is 15.7 Å². The average Bonchev–Trinajstić information content (AvgIpc) is 2.49. The first kappa shape index (κ1) is 15.0. The molecule has 0 radical (unpaired) electrons. The van der Waals surface area contributed by atoms with Gasteiger partial charge in [0, 0.05) is 5.56 Å². The van der Waals surface area contributed by atoms with E-state index in [-0.39, 0.29) is 21.7 Å². The van der Waals surface area contributed by atoms with Crippen LogP contribution in [0.2, 0.25) is 0 Å². The third kappa shape index (κ3) is 3.18. The lowest BCUT2D eigenvalue weighted by atomic mass is 10.2. The molecule has 0 amide bonds. The van der Waals surface area contributed by atoms with Crippen molar-refractivity contribution < 1.29 is 17.9 Å². The minimum Gasteiger partial charge on any atom is -0.392 e. The fourth-order valence-corrected chi connectivity index (χ4v) is 2.90. The molecule has 5 nitrogen and oxygen atoms in total. The molecule has 0 atom stereocenters. The normalized spacial score (nSPS) is 10.9. The molecular weight excluding hydrogens is 295 g/mol. The van der Waals surface area contributed by atoms with Crippen LogP contribution in [0.5, 0.6) is 0 Å². The van der Waals surface area contributed by atoms with Crippen LogP contribution in [0.1, 0.15) is 11.1 Å². The minimum absolute atomic E-state index is 0.120. The van der Waals surface area contributed by atoms with Gasteiger partial charge in [-0.1, -0.05) is 18.2 Å². The molecule has 0 aliphatic carbocycles. The first-order valence-corrected chi connectivity index (χ1v) is 7.37. The van der Waals surface area contributed by atoms with E-state index in [1.165, 1.54) is 36.4 Å². The number of hydrogen-bond donors (Lipinski definition) is 2. The van der Waals surface area contributed by atoms with E-state index in [1.54, 1.807) is 0 Å². The number of anilines is 1. The van der Waals surface area contributed by atoms with Crippen molar-refractivity contribution in [2.45, 2.75) is 11.5 Å². The predicted octanol–water partition coefficient (Wildman–Crippen LogP) is 1.99. The number of nitrogens with one attached hydrogen (secondary N) is 1. The molecule has 0 aromatic heterocycles. The summed E-state index contributed by atoms with van der Waals surface area (Å²) in [4.78, 5) is -0.159. The van der Waals surface area contributed by atoms with Crippen LogP contribution in [0.25, 0.3) is 0 Å². The average molecular weight is 306 g/mol. The van der Waals surface area contributed by atoms with E-state index >= 15 is 0 Å². The monoisotopic (exact) mass is 306 g/mol. The van der Waals surface area contributed by atoms with Crippen molar-refractivity contribution in [3.63, 3.8) is 0 Å². The zero-order chi connectivity index (χ0) is 15.5. The number of benzene rings is 2. The minimum atomic E-state index is -4.05. The van der Waals surface area contributed by atoms with Crippen LogP contribution >= 0.6 is 0 Å². The van der Waals surface area contributed by atoms with Gasteiger partial charge in [0.05, 0.1) is 28.8 Å². The number of para-hydroxylation sites is 1. The Bertz CT molecular complexity index is 813. The number of sulfonamides is 1. The molecule has 0 aliphatic rings. The predicted molar refractivity (Wildman–Crippen MR) is 74.3 cm³/mol. The van der Waals surface area contributed by atoms with E-state index < -0.39 is 22.4 Å². The van der Waals surface area contributed by atoms with Gasteiger partial charge >= 0.3 is 0 Å². The summed E-state index contributed by atoms with van der Waals surface area (Å²) >= 11 is 0. The van der Waals surface area contributed by atoms with Gasteiger partial charge in [-0.3, -0.25) is 4.72 Å². The zero-order valence-corrected chi connectivity index (χ0v) is 11.6. The van der Waals surface area contributed by atoms with Gasteiger partial charge in [-0.05, 0) is 24.3 Å². The largest absolute Gasteiger partial charge is 0.392 e. The van der Waals surface area contributed by atoms with E-state index in [4.69, 9.17) is 10.4 Å². The highest BCUT2D eigenvalue weighted by atomic mass is 32.2. The van der Waals surface area contributed by atoms with Crippen molar-refractivity contribution in [3.8, 4) is 6.07 Å². The summed E-state index contributed by atoms with van der Waals surface area (Å²) in [6.45, 7) is -0.506. The maximum Gasteiger partial charge on any atom is 0.262 e. The van der Waals surface area contributed by atoms with Crippen molar-refractivity contribution in [1.29, 1.82) is 5.26 Å². The number of hydrogen-bond acceptors (Lipinski definition) is 4. The second-order valence-electron chi connectivity index (χ2n) is 4.18. The Morgan fingerprint density at radius 1 is 1.24 bits per heavy atom. The maximum absolute atomic E-state index is 13.7. The van der Waals surface area contributed by atoms with Gasteiger partial charge in [0.1, 0.15) is 5.82 Å². The number of nitriles is 1.